The van der Waals surface area contributed by atoms with Gasteiger partial charge in [-0.15, -0.1) is 0 Å². The Labute approximate surface area is 491 Å². The van der Waals surface area contributed by atoms with E-state index in [0.29, 0.717) is 19.3 Å². The van der Waals surface area contributed by atoms with Gasteiger partial charge in [-0.2, -0.15) is 0 Å². The zero-order valence-corrected chi connectivity index (χ0v) is 52.7. The molecule has 16 nitrogen and oxygen atoms in total. The molecule has 0 saturated heterocycles. The van der Waals surface area contributed by atoms with Crippen molar-refractivity contribution in [1.82, 2.24) is 0 Å². The van der Waals surface area contributed by atoms with Gasteiger partial charge >= 0.3 is 33.6 Å². The molecule has 0 saturated carbocycles. The molecule has 0 rings (SSSR count). The molecule has 0 spiro atoms. The minimum atomic E-state index is -4.91. The van der Waals surface area contributed by atoms with E-state index in [-0.39, 0.29) is 19.3 Å². The van der Waals surface area contributed by atoms with Gasteiger partial charge in [0, 0.05) is 19.3 Å². The number of allylic oxidation sites excluding steroid dienone is 8. The van der Waals surface area contributed by atoms with Crippen LogP contribution in [0.15, 0.2) is 48.6 Å². The van der Waals surface area contributed by atoms with Gasteiger partial charge in [-0.05, 0) is 57.8 Å². The summed E-state index contributed by atoms with van der Waals surface area (Å²) in [6.45, 7) is 2.55. The zero-order valence-electron chi connectivity index (χ0n) is 51.0. The van der Waals surface area contributed by atoms with Crippen LogP contribution in [0.25, 0.3) is 0 Å². The molecule has 474 valence electrons. The number of hydrogen-bond acceptors (Lipinski definition) is 14. The highest BCUT2D eigenvalue weighted by molar-refractivity contribution is 7.47. The maximum Gasteiger partial charge on any atom is 0.472 e. The van der Waals surface area contributed by atoms with Crippen molar-refractivity contribution < 1.29 is 75.8 Å². The molecule has 81 heavy (non-hydrogen) atoms. The molecule has 0 heterocycles. The van der Waals surface area contributed by atoms with Crippen molar-refractivity contribution in [1.29, 1.82) is 0 Å². The number of carbonyl (C=O) groups is 3. The summed E-state index contributed by atoms with van der Waals surface area (Å²) in [6.07, 6.45) is 54.5. The second kappa shape index (κ2) is 57.9. The first-order valence-electron chi connectivity index (χ1n) is 31.9. The van der Waals surface area contributed by atoms with Crippen molar-refractivity contribution in [2.24, 2.45) is 0 Å². The van der Waals surface area contributed by atoms with E-state index in [4.69, 9.17) is 32.3 Å². The Kier molecular flexibility index (Phi) is 56.1. The average molecular weight is 1190 g/mol. The first-order valence-corrected chi connectivity index (χ1v) is 34.9. The Morgan fingerprint density at radius 3 is 1.04 bits per heavy atom. The second-order valence-corrected chi connectivity index (χ2v) is 24.5. The molecule has 5 unspecified atom stereocenters. The van der Waals surface area contributed by atoms with E-state index in [2.05, 4.69) is 69.4 Å². The van der Waals surface area contributed by atoms with Crippen LogP contribution in [0.4, 0.5) is 0 Å². The minimum Gasteiger partial charge on any atom is -0.463 e. The van der Waals surface area contributed by atoms with Crippen LogP contribution in [0.3, 0.4) is 0 Å². The number of rotatable bonds is 61. The Morgan fingerprint density at radius 1 is 0.358 bits per heavy atom. The molecule has 0 aromatic rings. The van der Waals surface area contributed by atoms with E-state index in [1.165, 1.54) is 122 Å². The van der Waals surface area contributed by atoms with Gasteiger partial charge in [0.25, 0.3) is 0 Å². The SMILES string of the molecule is CC/C=C\C/C=C\C/C=C\C/C=C\CCCCCCC(=O)OCC(O)COP(=O)(O)OCC(O)COP(=O)(O)OCC(COC(=O)CCCCCCCCCCCCCCCCC)OC(=O)CCCCCCCCCCCCCCC. The summed E-state index contributed by atoms with van der Waals surface area (Å²) in [5.74, 6) is -1.58. The Balaban J connectivity index is 4.65. The second-order valence-electron chi connectivity index (χ2n) is 21.6. The molecule has 0 aromatic carbocycles. The number of unbranched alkanes of at least 4 members (excludes halogenated alkanes) is 30. The summed E-state index contributed by atoms with van der Waals surface area (Å²) >= 11 is 0. The lowest BCUT2D eigenvalue weighted by Gasteiger charge is -2.21. The van der Waals surface area contributed by atoms with Crippen LogP contribution in [-0.2, 0) is 55.8 Å². The van der Waals surface area contributed by atoms with Crippen molar-refractivity contribution in [2.75, 3.05) is 39.6 Å². The molecular weight excluding hydrogens is 1070 g/mol. The largest absolute Gasteiger partial charge is 0.472 e. The van der Waals surface area contributed by atoms with Crippen molar-refractivity contribution >= 4 is 33.6 Å². The van der Waals surface area contributed by atoms with E-state index >= 15 is 0 Å². The Morgan fingerprint density at radius 2 is 0.654 bits per heavy atom. The highest BCUT2D eigenvalue weighted by atomic mass is 31.2. The summed E-state index contributed by atoms with van der Waals surface area (Å²) in [6, 6.07) is 0. The van der Waals surface area contributed by atoms with Crippen LogP contribution < -0.4 is 0 Å². The molecule has 0 aromatic heterocycles. The molecule has 0 fully saturated rings. The van der Waals surface area contributed by atoms with Gasteiger partial charge in [0.2, 0.25) is 0 Å². The van der Waals surface area contributed by atoms with E-state index in [1.54, 1.807) is 0 Å². The number of esters is 3. The Bertz CT molecular complexity index is 1690. The zero-order chi connectivity index (χ0) is 59.6. The molecule has 5 atom stereocenters. The van der Waals surface area contributed by atoms with Crippen LogP contribution in [0.1, 0.15) is 278 Å². The van der Waals surface area contributed by atoms with Crippen molar-refractivity contribution in [2.45, 2.75) is 296 Å². The van der Waals surface area contributed by atoms with Gasteiger partial charge in [-0.25, -0.2) is 9.13 Å². The van der Waals surface area contributed by atoms with E-state index < -0.39 is 91.5 Å². The number of aliphatic hydroxyl groups excluding tert-OH is 2. The molecule has 0 amide bonds. The van der Waals surface area contributed by atoms with Crippen LogP contribution in [-0.4, -0.2) is 95.9 Å². The number of phosphoric acid groups is 2. The lowest BCUT2D eigenvalue weighted by Crippen LogP contribution is -2.30. The quantitative estimate of drug-likeness (QED) is 0.0146. The lowest BCUT2D eigenvalue weighted by molar-refractivity contribution is -0.161. The van der Waals surface area contributed by atoms with E-state index in [0.717, 1.165) is 96.3 Å². The first kappa shape index (κ1) is 78.5. The third-order valence-electron chi connectivity index (χ3n) is 13.6. The summed E-state index contributed by atoms with van der Waals surface area (Å²) < 4.78 is 60.7. The van der Waals surface area contributed by atoms with Gasteiger partial charge in [0.1, 0.15) is 25.4 Å². The maximum atomic E-state index is 12.9. The lowest BCUT2D eigenvalue weighted by atomic mass is 10.0. The normalized spacial score (nSPS) is 14.7. The fourth-order valence-electron chi connectivity index (χ4n) is 8.68. The molecule has 4 N–H and O–H groups in total. The molecule has 18 heteroatoms. The third-order valence-corrected chi connectivity index (χ3v) is 15.5. The topological polar surface area (TPSA) is 231 Å². The third kappa shape index (κ3) is 59.1. The number of carbonyl (C=O) groups excluding carboxylic acids is 3. The van der Waals surface area contributed by atoms with Crippen LogP contribution in [0.5, 0.6) is 0 Å². The fourth-order valence-corrected chi connectivity index (χ4v) is 10.3. The monoisotopic (exact) mass is 1190 g/mol. The predicted molar refractivity (Wildman–Crippen MR) is 326 cm³/mol. The number of hydrogen-bond donors (Lipinski definition) is 4. The van der Waals surface area contributed by atoms with E-state index in [1.807, 2.05) is 0 Å². The summed E-state index contributed by atoms with van der Waals surface area (Å²) in [7, 11) is -9.75. The maximum absolute atomic E-state index is 12.9. The van der Waals surface area contributed by atoms with Crippen molar-refractivity contribution in [3.8, 4) is 0 Å². The van der Waals surface area contributed by atoms with Gasteiger partial charge in [0.05, 0.1) is 26.4 Å². The van der Waals surface area contributed by atoms with E-state index in [9.17, 15) is 43.5 Å². The first-order chi connectivity index (χ1) is 39.2. The van der Waals surface area contributed by atoms with Gasteiger partial charge < -0.3 is 34.2 Å². The number of aliphatic hydroxyl groups is 2. The molecule has 0 aliphatic heterocycles. The highest BCUT2D eigenvalue weighted by Crippen LogP contribution is 2.45. The predicted octanol–water partition coefficient (Wildman–Crippen LogP) is 16.9. The van der Waals surface area contributed by atoms with Crippen LogP contribution in [0.2, 0.25) is 0 Å². The highest BCUT2D eigenvalue weighted by Gasteiger charge is 2.29. The molecule has 0 bridgehead atoms. The average Bonchev–Trinajstić information content (AvgIpc) is 3.44. The molecule has 0 aliphatic carbocycles. The number of phosphoric ester groups is 2. The van der Waals surface area contributed by atoms with Gasteiger partial charge in [-0.3, -0.25) is 32.5 Å². The van der Waals surface area contributed by atoms with Crippen molar-refractivity contribution in [3.63, 3.8) is 0 Å². The summed E-state index contributed by atoms with van der Waals surface area (Å²) in [5.41, 5.74) is 0. The van der Waals surface area contributed by atoms with Gasteiger partial charge in [0.15, 0.2) is 6.10 Å². The summed E-state index contributed by atoms with van der Waals surface area (Å²) in [5, 5.41) is 20.5. The van der Waals surface area contributed by atoms with Crippen molar-refractivity contribution in [3.05, 3.63) is 48.6 Å². The molecule has 0 aliphatic rings. The van der Waals surface area contributed by atoms with Crippen LogP contribution >= 0.6 is 15.6 Å². The summed E-state index contributed by atoms with van der Waals surface area (Å²) in [4.78, 5) is 58.2. The fraction of sp³-hybridized carbons (Fsp3) is 0.825. The van der Waals surface area contributed by atoms with Crippen LogP contribution in [0, 0.1) is 0 Å². The molecular formula is C63H116O16P2. The smallest absolute Gasteiger partial charge is 0.463 e. The number of ether oxygens (including phenoxy) is 3. The molecule has 0 radical (unpaired) electrons. The standard InChI is InChI=1S/C63H116O16P2/c1-4-7-10-13-16-19-22-25-27-28-30-33-34-37-40-43-46-49-61(66)73-52-58(64)53-75-80(69,70)76-54-59(65)55-77-81(71,72)78-57-60(79-63(68)51-48-45-42-39-36-31-24-21-18-15-12-9-6-3)56-74-62(67)50-47-44-41-38-35-32-29-26-23-20-17-14-11-8-5-2/h7,10,16,19,25,27,30,33,58-60,64-65H,4-6,8-9,11-15,17-18,20-24,26,28-29,31-32,34-57H2,1-3H3,(H,69,70)(H,71,72)/b10-7-,19-16-,27-25-,33-30-. The van der Waals surface area contributed by atoms with Gasteiger partial charge in [-0.1, -0.05) is 249 Å². The Hall–Kier alpha value is -2.49. The minimum absolute atomic E-state index is 0.112.